The molecule has 234 valence electrons. The Labute approximate surface area is 287 Å². The van der Waals surface area contributed by atoms with Crippen molar-refractivity contribution in [1.82, 2.24) is 15.0 Å². The molecule has 3 aromatic heterocycles. The second kappa shape index (κ2) is 11.4. The van der Waals surface area contributed by atoms with Crippen LogP contribution in [0.1, 0.15) is 0 Å². The third-order valence-corrected chi connectivity index (χ3v) is 9.36. The van der Waals surface area contributed by atoms with Gasteiger partial charge in [0.25, 0.3) is 0 Å². The number of para-hydroxylation sites is 1. The summed E-state index contributed by atoms with van der Waals surface area (Å²) in [5.74, 6) is 1.76. The molecule has 0 aliphatic rings. The van der Waals surface area contributed by atoms with Gasteiger partial charge in [-0.1, -0.05) is 121 Å². The smallest absolute Gasteiger partial charge is 0.164 e. The van der Waals surface area contributed by atoms with Gasteiger partial charge in [-0.2, -0.15) is 0 Å². The third-order valence-electron chi connectivity index (χ3n) is 9.36. The summed E-state index contributed by atoms with van der Waals surface area (Å²) < 4.78 is 12.6. The maximum Gasteiger partial charge on any atom is 0.164 e. The van der Waals surface area contributed by atoms with Crippen molar-refractivity contribution in [3.63, 3.8) is 0 Å². The maximum absolute atomic E-state index is 6.39. The summed E-state index contributed by atoms with van der Waals surface area (Å²) in [4.78, 5) is 15.0. The van der Waals surface area contributed by atoms with Crippen LogP contribution in [0.5, 0.6) is 0 Å². The summed E-state index contributed by atoms with van der Waals surface area (Å²) in [5.41, 5.74) is 10.5. The molecule has 0 fully saturated rings. The van der Waals surface area contributed by atoms with Crippen LogP contribution in [-0.4, -0.2) is 15.0 Å². The summed E-state index contributed by atoms with van der Waals surface area (Å²) in [6.45, 7) is 0. The summed E-state index contributed by atoms with van der Waals surface area (Å²) in [6.07, 6.45) is 0. The first-order chi connectivity index (χ1) is 24.7. The molecule has 0 N–H and O–H groups in total. The molecule has 0 unspecified atom stereocenters. The number of nitrogens with zero attached hydrogens (tertiary/aromatic N) is 3. The van der Waals surface area contributed by atoms with Crippen LogP contribution in [0.15, 0.2) is 173 Å². The molecule has 5 heteroatoms. The highest BCUT2D eigenvalue weighted by molar-refractivity contribution is 6.13. The van der Waals surface area contributed by atoms with Crippen molar-refractivity contribution in [2.75, 3.05) is 0 Å². The molecular formula is C45H27N3O2. The van der Waals surface area contributed by atoms with Crippen LogP contribution >= 0.6 is 0 Å². The first-order valence-corrected chi connectivity index (χ1v) is 16.6. The minimum absolute atomic E-state index is 0.576. The van der Waals surface area contributed by atoms with Crippen LogP contribution in [0.2, 0.25) is 0 Å². The summed E-state index contributed by atoms with van der Waals surface area (Å²) in [5, 5.41) is 4.21. The summed E-state index contributed by atoms with van der Waals surface area (Å²) >= 11 is 0. The fourth-order valence-electron chi connectivity index (χ4n) is 6.89. The van der Waals surface area contributed by atoms with Crippen LogP contribution < -0.4 is 0 Å². The van der Waals surface area contributed by atoms with E-state index in [2.05, 4.69) is 84.9 Å². The molecule has 0 atom stereocenters. The van der Waals surface area contributed by atoms with Gasteiger partial charge in [-0.05, 0) is 64.7 Å². The van der Waals surface area contributed by atoms with E-state index in [1.54, 1.807) is 0 Å². The van der Waals surface area contributed by atoms with E-state index in [1.165, 1.54) is 11.1 Å². The first-order valence-electron chi connectivity index (χ1n) is 16.6. The topological polar surface area (TPSA) is 65.0 Å². The van der Waals surface area contributed by atoms with E-state index in [0.29, 0.717) is 17.5 Å². The molecule has 50 heavy (non-hydrogen) atoms. The SMILES string of the molecule is c1ccc(-c2ccc(-c3cccc4oc5ccc(-c6nc(-c7ccccc7)nc(-c7ccc8c(c7)oc7ccccc78)n6)cc5c34)cc2)cc1. The molecule has 7 aromatic carbocycles. The van der Waals surface area contributed by atoms with Crippen LogP contribution in [0.25, 0.3) is 100 Å². The molecule has 0 radical (unpaired) electrons. The Morgan fingerprint density at radius 2 is 0.820 bits per heavy atom. The molecule has 0 bridgehead atoms. The van der Waals surface area contributed by atoms with E-state index in [9.17, 15) is 0 Å². The van der Waals surface area contributed by atoms with Gasteiger partial charge in [-0.3, -0.25) is 0 Å². The standard InChI is InChI=1S/C45H27N3O2/c1-3-10-28(11-4-1)29-18-20-30(21-19-29)34-15-9-17-40-42(34)37-26-32(23-25-39(37)49-40)44-46-43(31-12-5-2-6-13-31)47-45(48-44)33-22-24-36-35-14-7-8-16-38(35)50-41(36)27-33/h1-27H. The molecule has 0 spiro atoms. The fraction of sp³-hybridized carbons (Fsp3) is 0. The molecule has 10 aromatic rings. The van der Waals surface area contributed by atoms with E-state index in [1.807, 2.05) is 78.9 Å². The van der Waals surface area contributed by atoms with Gasteiger partial charge in [0.1, 0.15) is 22.3 Å². The zero-order valence-corrected chi connectivity index (χ0v) is 26.7. The third kappa shape index (κ3) is 4.75. The lowest BCUT2D eigenvalue weighted by atomic mass is 9.96. The van der Waals surface area contributed by atoms with E-state index >= 15 is 0 Å². The molecule has 10 rings (SSSR count). The quantitative estimate of drug-likeness (QED) is 0.187. The van der Waals surface area contributed by atoms with Crippen molar-refractivity contribution in [3.8, 4) is 56.4 Å². The number of rotatable bonds is 5. The largest absolute Gasteiger partial charge is 0.456 e. The Bertz CT molecular complexity index is 2850. The maximum atomic E-state index is 6.39. The van der Waals surface area contributed by atoms with Crippen molar-refractivity contribution in [1.29, 1.82) is 0 Å². The lowest BCUT2D eigenvalue weighted by Gasteiger charge is -2.09. The second-order valence-corrected chi connectivity index (χ2v) is 12.4. The molecule has 3 heterocycles. The Hall–Kier alpha value is -6.85. The summed E-state index contributed by atoms with van der Waals surface area (Å²) in [7, 11) is 0. The Kier molecular flexibility index (Phi) is 6.42. The van der Waals surface area contributed by atoms with Crippen LogP contribution in [0.3, 0.4) is 0 Å². The molecular weight excluding hydrogens is 615 g/mol. The van der Waals surface area contributed by atoms with Gasteiger partial charge < -0.3 is 8.83 Å². The van der Waals surface area contributed by atoms with Crippen LogP contribution in [0, 0.1) is 0 Å². The zero-order chi connectivity index (χ0) is 33.0. The molecule has 0 aliphatic carbocycles. The number of furan rings is 2. The van der Waals surface area contributed by atoms with E-state index in [-0.39, 0.29) is 0 Å². The average Bonchev–Trinajstić information content (AvgIpc) is 3.76. The lowest BCUT2D eigenvalue weighted by Crippen LogP contribution is -2.00. The van der Waals surface area contributed by atoms with Crippen molar-refractivity contribution in [2.24, 2.45) is 0 Å². The average molecular weight is 642 g/mol. The van der Waals surface area contributed by atoms with Gasteiger partial charge in [0.05, 0.1) is 0 Å². The second-order valence-electron chi connectivity index (χ2n) is 12.4. The van der Waals surface area contributed by atoms with Gasteiger partial charge in [0, 0.05) is 38.2 Å². The van der Waals surface area contributed by atoms with Crippen molar-refractivity contribution < 1.29 is 8.83 Å². The summed E-state index contributed by atoms with van der Waals surface area (Å²) in [6, 6.07) is 55.8. The molecule has 5 nitrogen and oxygen atoms in total. The number of hydrogen-bond acceptors (Lipinski definition) is 5. The Morgan fingerprint density at radius 3 is 1.60 bits per heavy atom. The van der Waals surface area contributed by atoms with Gasteiger partial charge in [-0.25, -0.2) is 15.0 Å². The van der Waals surface area contributed by atoms with Gasteiger partial charge in [0.15, 0.2) is 17.5 Å². The lowest BCUT2D eigenvalue weighted by molar-refractivity contribution is 0.668. The number of aromatic nitrogens is 3. The molecule has 0 saturated heterocycles. The predicted molar refractivity (Wildman–Crippen MR) is 202 cm³/mol. The zero-order valence-electron chi connectivity index (χ0n) is 26.7. The molecule has 0 saturated carbocycles. The van der Waals surface area contributed by atoms with Crippen molar-refractivity contribution in [2.45, 2.75) is 0 Å². The predicted octanol–water partition coefficient (Wildman–Crippen LogP) is 12.0. The minimum Gasteiger partial charge on any atom is -0.456 e. The minimum atomic E-state index is 0.576. The number of benzene rings is 7. The Balaban J connectivity index is 1.12. The van der Waals surface area contributed by atoms with Crippen molar-refractivity contribution in [3.05, 3.63) is 164 Å². The first kappa shape index (κ1) is 28.2. The monoisotopic (exact) mass is 641 g/mol. The number of fused-ring (bicyclic) bond motifs is 6. The highest BCUT2D eigenvalue weighted by Gasteiger charge is 2.18. The normalized spacial score (nSPS) is 11.6. The number of hydrogen-bond donors (Lipinski definition) is 0. The van der Waals surface area contributed by atoms with E-state index in [0.717, 1.165) is 71.7 Å². The van der Waals surface area contributed by atoms with Gasteiger partial charge in [0.2, 0.25) is 0 Å². The Morgan fingerprint density at radius 1 is 0.300 bits per heavy atom. The fourth-order valence-corrected chi connectivity index (χ4v) is 6.89. The molecule has 0 amide bonds. The molecule has 0 aliphatic heterocycles. The van der Waals surface area contributed by atoms with E-state index < -0.39 is 0 Å². The van der Waals surface area contributed by atoms with Crippen molar-refractivity contribution >= 4 is 43.9 Å². The van der Waals surface area contributed by atoms with E-state index in [4.69, 9.17) is 23.8 Å². The highest BCUT2D eigenvalue weighted by atomic mass is 16.3. The van der Waals surface area contributed by atoms with Gasteiger partial charge >= 0.3 is 0 Å². The highest BCUT2D eigenvalue weighted by Crippen LogP contribution is 2.39. The van der Waals surface area contributed by atoms with Crippen LogP contribution in [-0.2, 0) is 0 Å². The van der Waals surface area contributed by atoms with Gasteiger partial charge in [-0.15, -0.1) is 0 Å². The van der Waals surface area contributed by atoms with Crippen LogP contribution in [0.4, 0.5) is 0 Å².